The van der Waals surface area contributed by atoms with Crippen molar-refractivity contribution < 1.29 is 4.92 Å². The van der Waals surface area contributed by atoms with Crippen LogP contribution in [0.4, 0.5) is 17.3 Å². The zero-order valence-corrected chi connectivity index (χ0v) is 14.1. The summed E-state index contributed by atoms with van der Waals surface area (Å²) in [6.45, 7) is 2.68. The topological polar surface area (TPSA) is 93.0 Å². The van der Waals surface area contributed by atoms with Crippen molar-refractivity contribution >= 4 is 17.3 Å². The summed E-state index contributed by atoms with van der Waals surface area (Å²) in [5.41, 5.74) is -0.0164. The van der Waals surface area contributed by atoms with E-state index in [0.717, 1.165) is 43.4 Å². The highest BCUT2D eigenvalue weighted by Crippen LogP contribution is 2.56. The predicted molar refractivity (Wildman–Crippen MR) is 92.0 cm³/mol. The Hall–Kier alpha value is -1.92. The quantitative estimate of drug-likeness (QED) is 0.611. The van der Waals surface area contributed by atoms with E-state index in [0.29, 0.717) is 18.2 Å². The van der Waals surface area contributed by atoms with Gasteiger partial charge in [-0.25, -0.2) is 9.97 Å². The van der Waals surface area contributed by atoms with Crippen LogP contribution >= 0.6 is 0 Å². The van der Waals surface area contributed by atoms with Crippen LogP contribution in [0.3, 0.4) is 0 Å². The van der Waals surface area contributed by atoms with E-state index < -0.39 is 0 Å². The number of nitrogens with one attached hydrogen (secondary N) is 2. The first-order valence-electron chi connectivity index (χ1n) is 9.10. The maximum Gasteiger partial charge on any atom is 0.353 e. The summed E-state index contributed by atoms with van der Waals surface area (Å²) in [6, 6.07) is 0. The third-order valence-electron chi connectivity index (χ3n) is 5.97. The van der Waals surface area contributed by atoms with Crippen molar-refractivity contribution in [2.75, 3.05) is 17.2 Å². The molecular weight excluding hydrogens is 306 g/mol. The molecule has 0 saturated heterocycles. The number of rotatable bonds is 6. The maximum atomic E-state index is 11.6. The van der Waals surface area contributed by atoms with Gasteiger partial charge in [-0.15, -0.1) is 0 Å². The predicted octanol–water partition coefficient (Wildman–Crippen LogP) is 3.59. The Morgan fingerprint density at radius 1 is 1.17 bits per heavy atom. The zero-order valence-electron chi connectivity index (χ0n) is 14.1. The summed E-state index contributed by atoms with van der Waals surface area (Å²) in [7, 11) is 0. The van der Waals surface area contributed by atoms with E-state index in [1.165, 1.54) is 25.6 Å². The first-order chi connectivity index (χ1) is 11.6. The Morgan fingerprint density at radius 3 is 2.29 bits per heavy atom. The molecule has 24 heavy (non-hydrogen) atoms. The van der Waals surface area contributed by atoms with Gasteiger partial charge in [0.25, 0.3) is 0 Å². The van der Waals surface area contributed by atoms with E-state index >= 15 is 0 Å². The fourth-order valence-corrected chi connectivity index (χ4v) is 5.53. The molecule has 0 unspecified atom stereocenters. The van der Waals surface area contributed by atoms with Crippen molar-refractivity contribution in [3.05, 3.63) is 16.4 Å². The van der Waals surface area contributed by atoms with Crippen LogP contribution in [-0.4, -0.2) is 27.0 Å². The number of nitro groups is 1. The lowest BCUT2D eigenvalue weighted by atomic mass is 9.53. The van der Waals surface area contributed by atoms with Crippen molar-refractivity contribution in [3.8, 4) is 0 Å². The average Bonchev–Trinajstić information content (AvgIpc) is 2.50. The van der Waals surface area contributed by atoms with E-state index in [1.54, 1.807) is 0 Å². The van der Waals surface area contributed by atoms with Gasteiger partial charge in [0.2, 0.25) is 11.6 Å². The summed E-state index contributed by atoms with van der Waals surface area (Å²) < 4.78 is 0. The molecule has 0 amide bonds. The van der Waals surface area contributed by atoms with Crippen molar-refractivity contribution in [1.82, 2.24) is 9.97 Å². The minimum atomic E-state index is -0.360. The molecule has 7 heteroatoms. The Labute approximate surface area is 141 Å². The monoisotopic (exact) mass is 331 g/mol. The normalized spacial score (nSPS) is 33.5. The van der Waals surface area contributed by atoms with Gasteiger partial charge < -0.3 is 10.6 Å². The molecule has 0 aliphatic heterocycles. The second-order valence-corrected chi connectivity index (χ2v) is 7.93. The molecule has 130 valence electrons. The first kappa shape index (κ1) is 15.6. The number of nitrogens with zero attached hydrogens (tertiary/aromatic N) is 3. The van der Waals surface area contributed by atoms with Crippen LogP contribution in [0.2, 0.25) is 0 Å². The number of hydrogen-bond donors (Lipinski definition) is 2. The molecule has 0 radical (unpaired) electrons. The van der Waals surface area contributed by atoms with E-state index in [-0.39, 0.29) is 16.1 Å². The Bertz CT molecular complexity index is 613. The fourth-order valence-electron chi connectivity index (χ4n) is 5.53. The second kappa shape index (κ2) is 5.86. The standard InChI is InChI=1S/C17H25N5O2/c1-2-3-18-15-14(22(23)24)16(20-10-19-15)21-17-7-11-4-12(8-17)6-13(5-11)9-17/h10-13H,2-9H2,1H3,(H2,18,19,20,21). The number of hydrogen-bond acceptors (Lipinski definition) is 6. The Morgan fingerprint density at radius 2 is 1.75 bits per heavy atom. The smallest absolute Gasteiger partial charge is 0.353 e. The van der Waals surface area contributed by atoms with Gasteiger partial charge >= 0.3 is 5.69 Å². The van der Waals surface area contributed by atoms with Gasteiger partial charge in [-0.05, 0) is 62.7 Å². The lowest BCUT2D eigenvalue weighted by molar-refractivity contribution is -0.383. The molecule has 4 aliphatic rings. The molecule has 4 saturated carbocycles. The van der Waals surface area contributed by atoms with Gasteiger partial charge in [0.15, 0.2) is 0 Å². The average molecular weight is 331 g/mol. The number of anilines is 2. The summed E-state index contributed by atoms with van der Waals surface area (Å²) in [5.74, 6) is 3.05. The molecule has 4 fully saturated rings. The maximum absolute atomic E-state index is 11.6. The largest absolute Gasteiger partial charge is 0.364 e. The molecule has 0 spiro atoms. The third-order valence-corrected chi connectivity index (χ3v) is 5.97. The Kier molecular flexibility index (Phi) is 3.81. The van der Waals surface area contributed by atoms with Gasteiger partial charge in [0.05, 0.1) is 4.92 Å². The molecule has 2 N–H and O–H groups in total. The minimum absolute atomic E-state index is 0.00408. The van der Waals surface area contributed by atoms with Crippen LogP contribution in [0, 0.1) is 27.9 Å². The SMILES string of the molecule is CCCNc1ncnc(NC23CC4CC(CC(C4)C2)C3)c1[N+](=O)[O-]. The lowest BCUT2D eigenvalue weighted by Gasteiger charge is -2.57. The first-order valence-corrected chi connectivity index (χ1v) is 9.10. The molecule has 4 bridgehead atoms. The third kappa shape index (κ3) is 2.70. The molecular formula is C17H25N5O2. The van der Waals surface area contributed by atoms with Crippen molar-refractivity contribution in [2.24, 2.45) is 17.8 Å². The van der Waals surface area contributed by atoms with Gasteiger partial charge in [-0.2, -0.15) is 0 Å². The molecule has 7 nitrogen and oxygen atoms in total. The van der Waals surface area contributed by atoms with E-state index in [4.69, 9.17) is 0 Å². The van der Waals surface area contributed by atoms with Crippen molar-refractivity contribution in [2.45, 2.75) is 57.4 Å². The highest BCUT2D eigenvalue weighted by atomic mass is 16.6. The summed E-state index contributed by atoms with van der Waals surface area (Å²) >= 11 is 0. The highest BCUT2D eigenvalue weighted by molar-refractivity contribution is 5.70. The molecule has 0 atom stereocenters. The number of aromatic nitrogens is 2. The van der Waals surface area contributed by atoms with Crippen molar-refractivity contribution in [1.29, 1.82) is 0 Å². The van der Waals surface area contributed by atoms with Crippen LogP contribution in [0.15, 0.2) is 6.33 Å². The lowest BCUT2D eigenvalue weighted by Crippen LogP contribution is -2.55. The van der Waals surface area contributed by atoms with Crippen LogP contribution in [-0.2, 0) is 0 Å². The fraction of sp³-hybridized carbons (Fsp3) is 0.765. The second-order valence-electron chi connectivity index (χ2n) is 7.93. The molecule has 0 aromatic carbocycles. The van der Waals surface area contributed by atoms with Crippen LogP contribution in [0.1, 0.15) is 51.9 Å². The molecule has 1 heterocycles. The molecule has 1 aromatic heterocycles. The summed E-state index contributed by atoms with van der Waals surface area (Å²) in [4.78, 5) is 19.6. The van der Waals surface area contributed by atoms with Gasteiger partial charge in [0.1, 0.15) is 6.33 Å². The molecule has 1 aromatic rings. The van der Waals surface area contributed by atoms with Gasteiger partial charge in [-0.1, -0.05) is 6.92 Å². The van der Waals surface area contributed by atoms with E-state index in [9.17, 15) is 10.1 Å². The summed E-state index contributed by atoms with van der Waals surface area (Å²) in [6.07, 6.45) is 9.71. The zero-order chi connectivity index (χ0) is 16.7. The Balaban J connectivity index is 1.63. The summed E-state index contributed by atoms with van der Waals surface area (Å²) in [5, 5.41) is 18.2. The molecule has 5 rings (SSSR count). The molecule has 4 aliphatic carbocycles. The van der Waals surface area contributed by atoms with Crippen LogP contribution < -0.4 is 10.6 Å². The van der Waals surface area contributed by atoms with Gasteiger partial charge in [0, 0.05) is 12.1 Å². The minimum Gasteiger partial charge on any atom is -0.364 e. The highest BCUT2D eigenvalue weighted by Gasteiger charge is 2.51. The van der Waals surface area contributed by atoms with E-state index in [1.807, 2.05) is 6.92 Å². The van der Waals surface area contributed by atoms with Gasteiger partial charge in [-0.3, -0.25) is 10.1 Å². The van der Waals surface area contributed by atoms with Crippen LogP contribution in [0.5, 0.6) is 0 Å². The van der Waals surface area contributed by atoms with E-state index in [2.05, 4.69) is 20.6 Å². The van der Waals surface area contributed by atoms with Crippen molar-refractivity contribution in [3.63, 3.8) is 0 Å². The van der Waals surface area contributed by atoms with Crippen LogP contribution in [0.25, 0.3) is 0 Å².